The highest BCUT2D eigenvalue weighted by Gasteiger charge is 2.11. The van der Waals surface area contributed by atoms with E-state index in [4.69, 9.17) is 23.7 Å². The van der Waals surface area contributed by atoms with Crippen LogP contribution in [0.2, 0.25) is 0 Å². The van der Waals surface area contributed by atoms with Gasteiger partial charge in [-0.25, -0.2) is 19.2 Å². The smallest absolute Gasteiger partial charge is 0.343 e. The van der Waals surface area contributed by atoms with Crippen molar-refractivity contribution >= 4 is 23.9 Å². The third kappa shape index (κ3) is 14.0. The maximum Gasteiger partial charge on any atom is 0.343 e. The van der Waals surface area contributed by atoms with Crippen LogP contribution >= 0.6 is 0 Å². The Balaban J connectivity index is 1.61. The van der Waals surface area contributed by atoms with E-state index in [1.165, 1.54) is 0 Å². The number of unbranched alkanes of at least 4 members (excludes halogenated alkanes) is 6. The summed E-state index contributed by atoms with van der Waals surface area (Å²) in [4.78, 5) is 46.6. The van der Waals surface area contributed by atoms with Gasteiger partial charge in [0.2, 0.25) is 0 Å². The van der Waals surface area contributed by atoms with Gasteiger partial charge in [-0.15, -0.1) is 0 Å². The highest BCUT2D eigenvalue weighted by atomic mass is 16.5. The second kappa shape index (κ2) is 19.6. The predicted molar refractivity (Wildman–Crippen MR) is 153 cm³/mol. The SMILES string of the molecule is C=CC(=O)OCCCCCCOC(=O)c1ccc(OC(=O)c2ccc(OCCCCCCOC(=O)C=C)cc2)cc1. The largest absolute Gasteiger partial charge is 0.494 e. The summed E-state index contributed by atoms with van der Waals surface area (Å²) < 4.78 is 26.2. The van der Waals surface area contributed by atoms with Gasteiger partial charge in [0.1, 0.15) is 11.5 Å². The molecule has 9 heteroatoms. The van der Waals surface area contributed by atoms with Gasteiger partial charge in [-0.1, -0.05) is 13.2 Å². The van der Waals surface area contributed by atoms with Crippen LogP contribution in [0.4, 0.5) is 0 Å². The van der Waals surface area contributed by atoms with Crippen molar-refractivity contribution in [2.45, 2.75) is 51.4 Å². The molecule has 220 valence electrons. The van der Waals surface area contributed by atoms with Crippen molar-refractivity contribution in [2.24, 2.45) is 0 Å². The molecule has 0 N–H and O–H groups in total. The van der Waals surface area contributed by atoms with Crippen LogP contribution in [0.1, 0.15) is 72.1 Å². The summed E-state index contributed by atoms with van der Waals surface area (Å²) in [6, 6.07) is 12.9. The Labute approximate surface area is 241 Å². The molecule has 0 bridgehead atoms. The molecule has 0 atom stereocenters. The van der Waals surface area contributed by atoms with Crippen LogP contribution < -0.4 is 9.47 Å². The lowest BCUT2D eigenvalue weighted by atomic mass is 10.2. The normalized spacial score (nSPS) is 10.2. The Hall–Kier alpha value is -4.40. The first kappa shape index (κ1) is 32.8. The summed E-state index contributed by atoms with van der Waals surface area (Å²) in [6.45, 7) is 8.26. The third-order valence-electron chi connectivity index (χ3n) is 5.79. The van der Waals surface area contributed by atoms with Crippen LogP contribution in [0, 0.1) is 0 Å². The molecule has 0 fully saturated rings. The Morgan fingerprint density at radius 2 is 0.927 bits per heavy atom. The molecule has 2 aromatic rings. The predicted octanol–water partition coefficient (Wildman–Crippen LogP) is 6.02. The number of rotatable bonds is 20. The lowest BCUT2D eigenvalue weighted by molar-refractivity contribution is -0.138. The van der Waals surface area contributed by atoms with Crippen LogP contribution in [-0.4, -0.2) is 50.3 Å². The third-order valence-corrected chi connectivity index (χ3v) is 5.79. The van der Waals surface area contributed by atoms with Crippen molar-refractivity contribution in [1.82, 2.24) is 0 Å². The van der Waals surface area contributed by atoms with Gasteiger partial charge >= 0.3 is 23.9 Å². The number of carbonyl (C=O) groups excluding carboxylic acids is 4. The first-order valence-corrected chi connectivity index (χ1v) is 13.7. The first-order chi connectivity index (χ1) is 19.9. The summed E-state index contributed by atoms with van der Waals surface area (Å²) in [7, 11) is 0. The Kier molecular flexibility index (Phi) is 15.7. The van der Waals surface area contributed by atoms with Crippen molar-refractivity contribution in [3.05, 3.63) is 85.0 Å². The number of hydrogen-bond acceptors (Lipinski definition) is 9. The zero-order valence-electron chi connectivity index (χ0n) is 23.3. The number of benzene rings is 2. The van der Waals surface area contributed by atoms with Gasteiger partial charge in [0.05, 0.1) is 37.6 Å². The fourth-order valence-electron chi connectivity index (χ4n) is 3.53. The van der Waals surface area contributed by atoms with E-state index in [1.807, 2.05) is 0 Å². The second-order valence-corrected chi connectivity index (χ2v) is 8.99. The molecule has 0 saturated carbocycles. The molecule has 9 nitrogen and oxygen atoms in total. The van der Waals surface area contributed by atoms with Crippen molar-refractivity contribution in [3.8, 4) is 11.5 Å². The van der Waals surface area contributed by atoms with E-state index in [9.17, 15) is 19.2 Å². The van der Waals surface area contributed by atoms with Crippen LogP contribution in [0.25, 0.3) is 0 Å². The Morgan fingerprint density at radius 1 is 0.512 bits per heavy atom. The monoisotopic (exact) mass is 566 g/mol. The first-order valence-electron chi connectivity index (χ1n) is 13.7. The van der Waals surface area contributed by atoms with E-state index >= 15 is 0 Å². The molecule has 0 unspecified atom stereocenters. The van der Waals surface area contributed by atoms with Gasteiger partial charge < -0.3 is 23.7 Å². The van der Waals surface area contributed by atoms with Gasteiger partial charge in [0.15, 0.2) is 0 Å². The fraction of sp³-hybridized carbons (Fsp3) is 0.375. The van der Waals surface area contributed by atoms with Crippen LogP contribution in [-0.2, 0) is 23.8 Å². The van der Waals surface area contributed by atoms with E-state index in [0.29, 0.717) is 48.9 Å². The standard InChI is InChI=1S/C32H38O9/c1-3-29(33)38-22-10-6-5-9-21-37-27-17-13-26(14-18-27)32(36)41-28-19-15-25(16-20-28)31(35)40-24-12-8-7-11-23-39-30(34)4-2/h3-4,13-20H,1-2,5-12,21-24H2. The molecule has 0 spiro atoms. The second-order valence-electron chi connectivity index (χ2n) is 8.99. The van der Waals surface area contributed by atoms with E-state index in [-0.39, 0.29) is 6.61 Å². The lowest BCUT2D eigenvalue weighted by Gasteiger charge is -2.08. The van der Waals surface area contributed by atoms with Gasteiger partial charge in [-0.3, -0.25) is 0 Å². The molecule has 2 aromatic carbocycles. The molecule has 41 heavy (non-hydrogen) atoms. The summed E-state index contributed by atoms with van der Waals surface area (Å²) in [6.07, 6.45) is 8.97. The topological polar surface area (TPSA) is 114 Å². The number of hydrogen-bond donors (Lipinski definition) is 0. The molecule has 0 aliphatic carbocycles. The summed E-state index contributed by atoms with van der Waals surface area (Å²) in [5.74, 6) is -0.849. The highest BCUT2D eigenvalue weighted by Crippen LogP contribution is 2.18. The minimum Gasteiger partial charge on any atom is -0.494 e. The van der Waals surface area contributed by atoms with Gasteiger partial charge in [0.25, 0.3) is 0 Å². The van der Waals surface area contributed by atoms with Crippen molar-refractivity contribution in [1.29, 1.82) is 0 Å². The van der Waals surface area contributed by atoms with E-state index in [1.54, 1.807) is 48.5 Å². The highest BCUT2D eigenvalue weighted by molar-refractivity contribution is 5.92. The van der Waals surface area contributed by atoms with Crippen molar-refractivity contribution in [2.75, 3.05) is 26.4 Å². The minimum atomic E-state index is -0.525. The zero-order chi connectivity index (χ0) is 29.7. The van der Waals surface area contributed by atoms with E-state index in [2.05, 4.69) is 13.2 Å². The number of ether oxygens (including phenoxy) is 5. The van der Waals surface area contributed by atoms with Gasteiger partial charge in [-0.2, -0.15) is 0 Å². The molecule has 0 heterocycles. The molecular weight excluding hydrogens is 528 g/mol. The summed E-state index contributed by atoms with van der Waals surface area (Å²) in [5, 5.41) is 0. The van der Waals surface area contributed by atoms with Crippen LogP contribution in [0.3, 0.4) is 0 Å². The maximum atomic E-state index is 12.5. The quantitative estimate of drug-likeness (QED) is 0.0624. The molecular formula is C32H38O9. The molecule has 2 rings (SSSR count). The molecule has 0 radical (unpaired) electrons. The Morgan fingerprint density at radius 3 is 1.41 bits per heavy atom. The number of esters is 4. The number of carbonyl (C=O) groups is 4. The lowest BCUT2D eigenvalue weighted by Crippen LogP contribution is -2.09. The molecule has 0 aromatic heterocycles. The molecule has 0 amide bonds. The van der Waals surface area contributed by atoms with Crippen LogP contribution in [0.5, 0.6) is 11.5 Å². The van der Waals surface area contributed by atoms with Crippen molar-refractivity contribution in [3.63, 3.8) is 0 Å². The van der Waals surface area contributed by atoms with Gasteiger partial charge in [-0.05, 0) is 99.9 Å². The molecule has 0 aliphatic heterocycles. The Bertz CT molecular complexity index is 1120. The minimum absolute atomic E-state index is 0.288. The maximum absolute atomic E-state index is 12.5. The molecule has 0 aliphatic rings. The van der Waals surface area contributed by atoms with E-state index < -0.39 is 23.9 Å². The summed E-state index contributed by atoms with van der Waals surface area (Å²) >= 11 is 0. The van der Waals surface area contributed by atoms with Gasteiger partial charge in [0, 0.05) is 12.2 Å². The van der Waals surface area contributed by atoms with Crippen LogP contribution in [0.15, 0.2) is 73.8 Å². The van der Waals surface area contributed by atoms with E-state index in [0.717, 1.165) is 57.1 Å². The van der Waals surface area contributed by atoms with Crippen molar-refractivity contribution < 1.29 is 42.9 Å². The zero-order valence-corrected chi connectivity index (χ0v) is 23.3. The average Bonchev–Trinajstić information content (AvgIpc) is 2.99. The summed E-state index contributed by atoms with van der Waals surface area (Å²) in [5.41, 5.74) is 0.729. The average molecular weight is 567 g/mol. The molecule has 0 saturated heterocycles. The fourth-order valence-corrected chi connectivity index (χ4v) is 3.53.